The number of hydrogen-bond donors (Lipinski definition) is 3. The van der Waals surface area contributed by atoms with Crippen LogP contribution in [-0.2, 0) is 4.74 Å². The molecule has 0 bridgehead atoms. The van der Waals surface area contributed by atoms with Crippen LogP contribution in [0.4, 0.5) is 0 Å². The zero-order chi connectivity index (χ0) is 16.1. The number of nitrogens with zero attached hydrogens (tertiary/aromatic N) is 1. The third-order valence-corrected chi connectivity index (χ3v) is 3.68. The molecule has 0 aliphatic heterocycles. The van der Waals surface area contributed by atoms with Crippen LogP contribution in [0.15, 0.2) is 22.7 Å². The van der Waals surface area contributed by atoms with Crippen molar-refractivity contribution in [1.82, 2.24) is 15.6 Å². The third-order valence-electron chi connectivity index (χ3n) is 3.06. The third kappa shape index (κ3) is 3.46. The highest BCUT2D eigenvalue weighted by Crippen LogP contribution is 2.32. The van der Waals surface area contributed by atoms with Gasteiger partial charge >= 0.3 is 0 Å². The Morgan fingerprint density at radius 1 is 1.45 bits per heavy atom. The van der Waals surface area contributed by atoms with Crippen molar-refractivity contribution in [2.24, 2.45) is 5.84 Å². The number of amides is 1. The molecule has 0 aliphatic carbocycles. The predicted molar refractivity (Wildman–Crippen MR) is 85.5 cm³/mol. The summed E-state index contributed by atoms with van der Waals surface area (Å²) in [5.41, 5.74) is 4.50. The van der Waals surface area contributed by atoms with Gasteiger partial charge in [-0.25, -0.2) is 5.84 Å². The highest BCUT2D eigenvalue weighted by atomic mass is 79.9. The van der Waals surface area contributed by atoms with Crippen molar-refractivity contribution in [3.8, 4) is 17.0 Å². The van der Waals surface area contributed by atoms with Crippen LogP contribution < -0.4 is 16.0 Å². The van der Waals surface area contributed by atoms with Crippen molar-refractivity contribution in [1.29, 1.82) is 0 Å². The first-order valence-corrected chi connectivity index (χ1v) is 7.35. The topological polar surface area (TPSA) is 102 Å². The Bertz CT molecular complexity index is 672. The number of carbonyl (C=O) groups is 1. The molecule has 1 amide bonds. The number of nitrogen functional groups attached to an aromatic ring is 1. The average molecular weight is 369 g/mol. The maximum Gasteiger partial charge on any atom is 0.269 e. The minimum atomic E-state index is -0.391. The van der Waals surface area contributed by atoms with Crippen LogP contribution in [0.5, 0.6) is 5.75 Å². The smallest absolute Gasteiger partial charge is 0.269 e. The second kappa shape index (κ2) is 7.39. The summed E-state index contributed by atoms with van der Waals surface area (Å²) >= 11 is 3.45. The summed E-state index contributed by atoms with van der Waals surface area (Å²) in [6.45, 7) is 2.72. The monoisotopic (exact) mass is 368 g/mol. The van der Waals surface area contributed by atoms with Gasteiger partial charge in [0.15, 0.2) is 0 Å². The minimum Gasteiger partial charge on any atom is -0.490 e. The second-order valence-electron chi connectivity index (χ2n) is 4.53. The molecule has 7 nitrogen and oxygen atoms in total. The molecule has 1 heterocycles. The number of nitrogens with one attached hydrogen (secondary N) is 2. The van der Waals surface area contributed by atoms with E-state index in [9.17, 15) is 4.79 Å². The minimum absolute atomic E-state index is 0.391. The number of aromatic nitrogens is 2. The predicted octanol–water partition coefficient (Wildman–Crippen LogP) is 1.78. The zero-order valence-corrected chi connectivity index (χ0v) is 13.9. The van der Waals surface area contributed by atoms with E-state index >= 15 is 0 Å². The van der Waals surface area contributed by atoms with Gasteiger partial charge in [-0.3, -0.25) is 15.3 Å². The van der Waals surface area contributed by atoms with Gasteiger partial charge in [0, 0.05) is 18.4 Å². The van der Waals surface area contributed by atoms with Gasteiger partial charge in [-0.2, -0.15) is 5.10 Å². The molecule has 0 spiro atoms. The molecule has 0 radical (unpaired) electrons. The van der Waals surface area contributed by atoms with Gasteiger partial charge < -0.3 is 9.47 Å². The summed E-state index contributed by atoms with van der Waals surface area (Å²) in [6, 6.07) is 5.48. The number of halogens is 1. The summed E-state index contributed by atoms with van der Waals surface area (Å²) in [5.74, 6) is 5.52. The molecule has 0 fully saturated rings. The lowest BCUT2D eigenvalue weighted by atomic mass is 10.1. The molecule has 2 aromatic rings. The van der Waals surface area contributed by atoms with Crippen molar-refractivity contribution >= 4 is 21.8 Å². The number of nitrogens with two attached hydrogens (primary N) is 1. The Hall–Kier alpha value is -1.90. The number of carbonyl (C=O) groups excluding carboxylic acids is 1. The number of methoxy groups -OCH3 is 1. The molecule has 0 atom stereocenters. The normalized spacial score (nSPS) is 10.5. The number of hydrogen-bond acceptors (Lipinski definition) is 5. The molecule has 8 heteroatoms. The average Bonchev–Trinajstić information content (AvgIpc) is 2.90. The van der Waals surface area contributed by atoms with Crippen LogP contribution in [0.25, 0.3) is 11.3 Å². The number of rotatable bonds is 6. The van der Waals surface area contributed by atoms with E-state index in [1.54, 1.807) is 14.0 Å². The molecular weight excluding hydrogens is 352 g/mol. The van der Waals surface area contributed by atoms with Gasteiger partial charge in [0.1, 0.15) is 18.1 Å². The lowest BCUT2D eigenvalue weighted by Crippen LogP contribution is -2.30. The maximum absolute atomic E-state index is 11.9. The number of aromatic amines is 1. The van der Waals surface area contributed by atoms with Gasteiger partial charge in [-0.05, 0) is 41.1 Å². The van der Waals surface area contributed by atoms with E-state index in [-0.39, 0.29) is 0 Å². The highest BCUT2D eigenvalue weighted by Gasteiger charge is 2.19. The summed E-state index contributed by atoms with van der Waals surface area (Å²) in [6.07, 6.45) is 0. The number of aryl methyl sites for hydroxylation is 1. The van der Waals surface area contributed by atoms with Gasteiger partial charge in [-0.1, -0.05) is 0 Å². The summed E-state index contributed by atoms with van der Waals surface area (Å²) in [7, 11) is 1.62. The quantitative estimate of drug-likeness (QED) is 0.312. The Morgan fingerprint density at radius 2 is 2.23 bits per heavy atom. The van der Waals surface area contributed by atoms with Crippen molar-refractivity contribution < 1.29 is 14.3 Å². The van der Waals surface area contributed by atoms with Gasteiger partial charge in [0.2, 0.25) is 0 Å². The van der Waals surface area contributed by atoms with Gasteiger partial charge in [-0.15, -0.1) is 0 Å². The molecular formula is C14H17BrN4O3. The molecule has 0 unspecified atom stereocenters. The van der Waals surface area contributed by atoms with E-state index in [1.165, 1.54) is 0 Å². The number of ether oxygens (including phenoxy) is 2. The summed E-state index contributed by atoms with van der Waals surface area (Å²) in [5, 5.41) is 6.98. The van der Waals surface area contributed by atoms with Crippen molar-refractivity contribution in [2.75, 3.05) is 20.3 Å². The first-order chi connectivity index (χ1) is 10.6. The van der Waals surface area contributed by atoms with Crippen LogP contribution >= 0.6 is 15.9 Å². The first-order valence-electron chi connectivity index (χ1n) is 6.56. The van der Waals surface area contributed by atoms with E-state index in [1.807, 2.05) is 18.2 Å². The number of hydrazine groups is 1. The van der Waals surface area contributed by atoms with Crippen LogP contribution in [0.2, 0.25) is 0 Å². The SMILES string of the molecule is COCCOc1ccc(-c2n[nH]c(C)c2C(=O)NN)cc1Br. The van der Waals surface area contributed by atoms with Crippen molar-refractivity contribution in [2.45, 2.75) is 6.92 Å². The fourth-order valence-electron chi connectivity index (χ4n) is 1.99. The molecule has 0 saturated heterocycles. The van der Waals surface area contributed by atoms with Crippen molar-refractivity contribution in [3.05, 3.63) is 33.9 Å². The zero-order valence-electron chi connectivity index (χ0n) is 12.3. The molecule has 1 aromatic carbocycles. The molecule has 1 aromatic heterocycles. The molecule has 2 rings (SSSR count). The van der Waals surface area contributed by atoms with Crippen molar-refractivity contribution in [3.63, 3.8) is 0 Å². The lowest BCUT2D eigenvalue weighted by Gasteiger charge is -2.09. The van der Waals surface area contributed by atoms with Crippen LogP contribution in [-0.4, -0.2) is 36.4 Å². The van der Waals surface area contributed by atoms with E-state index in [0.717, 1.165) is 10.0 Å². The number of H-pyrrole nitrogens is 1. The van der Waals surface area contributed by atoms with Crippen LogP contribution in [0.1, 0.15) is 16.1 Å². The van der Waals surface area contributed by atoms with E-state index in [4.69, 9.17) is 15.3 Å². The fraction of sp³-hybridized carbons (Fsp3) is 0.286. The second-order valence-corrected chi connectivity index (χ2v) is 5.39. The Kier molecular flexibility index (Phi) is 5.53. The Balaban J connectivity index is 2.31. The molecule has 0 aliphatic rings. The summed E-state index contributed by atoms with van der Waals surface area (Å²) in [4.78, 5) is 11.9. The van der Waals surface area contributed by atoms with Gasteiger partial charge in [0.05, 0.1) is 16.6 Å². The molecule has 118 valence electrons. The summed E-state index contributed by atoms with van der Waals surface area (Å²) < 4.78 is 11.3. The largest absolute Gasteiger partial charge is 0.490 e. The molecule has 4 N–H and O–H groups in total. The van der Waals surface area contributed by atoms with E-state index in [2.05, 4.69) is 31.6 Å². The number of benzene rings is 1. The van der Waals surface area contributed by atoms with Gasteiger partial charge in [0.25, 0.3) is 5.91 Å². The van der Waals surface area contributed by atoms with E-state index in [0.29, 0.717) is 35.9 Å². The molecule has 0 saturated carbocycles. The van der Waals surface area contributed by atoms with Crippen LogP contribution in [0.3, 0.4) is 0 Å². The molecule has 22 heavy (non-hydrogen) atoms. The standard InChI is InChI=1S/C14H17BrN4O3/c1-8-12(14(20)17-16)13(19-18-8)9-3-4-11(10(15)7-9)22-6-5-21-2/h3-4,7H,5-6,16H2,1-2H3,(H,17,20)(H,18,19). The maximum atomic E-state index is 11.9. The first kappa shape index (κ1) is 16.5. The highest BCUT2D eigenvalue weighted by molar-refractivity contribution is 9.10. The Morgan fingerprint density at radius 3 is 2.86 bits per heavy atom. The van der Waals surface area contributed by atoms with Crippen LogP contribution in [0, 0.1) is 6.92 Å². The Labute approximate surface area is 136 Å². The fourth-order valence-corrected chi connectivity index (χ4v) is 2.48. The van der Waals surface area contributed by atoms with E-state index < -0.39 is 5.91 Å². The lowest BCUT2D eigenvalue weighted by molar-refractivity contribution is 0.0954.